The van der Waals surface area contributed by atoms with E-state index < -0.39 is 0 Å². The average Bonchev–Trinajstić information content (AvgIpc) is 2.29. The molecule has 1 aromatic carbocycles. The highest BCUT2D eigenvalue weighted by atomic mass is 16.5. The van der Waals surface area contributed by atoms with Gasteiger partial charge in [-0.15, -0.1) is 0 Å². The summed E-state index contributed by atoms with van der Waals surface area (Å²) in [5.41, 5.74) is 7.23. The van der Waals surface area contributed by atoms with Gasteiger partial charge in [-0.05, 0) is 43.9 Å². The Morgan fingerprint density at radius 1 is 1.29 bits per heavy atom. The van der Waals surface area contributed by atoms with Crippen LogP contribution < -0.4 is 10.5 Å². The monoisotopic (exact) mass is 235 g/mol. The lowest BCUT2D eigenvalue weighted by Gasteiger charge is -2.15. The molecule has 0 aromatic heterocycles. The third kappa shape index (κ3) is 5.22. The molecule has 2 nitrogen and oxygen atoms in total. The molecule has 0 aliphatic carbocycles. The fourth-order valence-electron chi connectivity index (χ4n) is 1.89. The van der Waals surface area contributed by atoms with Crippen LogP contribution in [0, 0.1) is 0 Å². The van der Waals surface area contributed by atoms with Crippen LogP contribution in [-0.4, -0.2) is 12.1 Å². The summed E-state index contributed by atoms with van der Waals surface area (Å²) < 4.78 is 5.87. The number of hydrogen-bond acceptors (Lipinski definition) is 2. The number of hydrogen-bond donors (Lipinski definition) is 1. The normalized spacial score (nSPS) is 14.4. The van der Waals surface area contributed by atoms with Gasteiger partial charge in [0.1, 0.15) is 5.75 Å². The molecule has 1 rings (SSSR count). The van der Waals surface area contributed by atoms with E-state index in [1.807, 2.05) is 12.1 Å². The molecule has 2 atom stereocenters. The standard InChI is InChI=1S/C15H25NO/c1-4-7-12(3)17-15-9-6-8-13(11-15)10-14(16)5-2/h6,8-9,11-12,14H,4-5,7,10,16H2,1-3H3. The van der Waals surface area contributed by atoms with Crippen LogP contribution in [0.25, 0.3) is 0 Å². The van der Waals surface area contributed by atoms with Gasteiger partial charge in [0.25, 0.3) is 0 Å². The molecule has 17 heavy (non-hydrogen) atoms. The first kappa shape index (κ1) is 14.0. The fourth-order valence-corrected chi connectivity index (χ4v) is 1.89. The van der Waals surface area contributed by atoms with Crippen LogP contribution in [0.3, 0.4) is 0 Å². The molecule has 2 unspecified atom stereocenters. The summed E-state index contributed by atoms with van der Waals surface area (Å²) in [4.78, 5) is 0. The van der Waals surface area contributed by atoms with Gasteiger partial charge in [0, 0.05) is 6.04 Å². The van der Waals surface area contributed by atoms with Gasteiger partial charge in [0.2, 0.25) is 0 Å². The predicted molar refractivity (Wildman–Crippen MR) is 73.4 cm³/mol. The minimum atomic E-state index is 0.248. The lowest BCUT2D eigenvalue weighted by molar-refractivity contribution is 0.210. The predicted octanol–water partition coefficient (Wildman–Crippen LogP) is 3.53. The maximum atomic E-state index is 5.96. The summed E-state index contributed by atoms with van der Waals surface area (Å²) >= 11 is 0. The van der Waals surface area contributed by atoms with Gasteiger partial charge in [-0.2, -0.15) is 0 Å². The summed E-state index contributed by atoms with van der Waals surface area (Å²) in [6.45, 7) is 6.42. The lowest BCUT2D eigenvalue weighted by atomic mass is 10.0. The second kappa shape index (κ2) is 7.33. The molecule has 1 aromatic rings. The topological polar surface area (TPSA) is 35.2 Å². The Bertz CT molecular complexity index is 324. The molecule has 0 aliphatic rings. The van der Waals surface area contributed by atoms with Crippen molar-refractivity contribution < 1.29 is 4.74 Å². The van der Waals surface area contributed by atoms with Crippen molar-refractivity contribution in [3.63, 3.8) is 0 Å². The lowest BCUT2D eigenvalue weighted by Crippen LogP contribution is -2.21. The van der Waals surface area contributed by atoms with Crippen molar-refractivity contribution in [3.05, 3.63) is 29.8 Å². The van der Waals surface area contributed by atoms with Crippen molar-refractivity contribution >= 4 is 0 Å². The van der Waals surface area contributed by atoms with Gasteiger partial charge in [0.05, 0.1) is 6.10 Å². The average molecular weight is 235 g/mol. The van der Waals surface area contributed by atoms with Crippen molar-refractivity contribution in [2.45, 2.75) is 58.6 Å². The third-order valence-corrected chi connectivity index (χ3v) is 2.95. The molecule has 0 saturated heterocycles. The number of rotatable bonds is 7. The van der Waals surface area contributed by atoms with E-state index in [0.29, 0.717) is 0 Å². The Labute approximate surface area is 105 Å². The molecule has 0 heterocycles. The second-order valence-corrected chi connectivity index (χ2v) is 4.74. The van der Waals surface area contributed by atoms with Gasteiger partial charge >= 0.3 is 0 Å². The summed E-state index contributed by atoms with van der Waals surface area (Å²) in [6, 6.07) is 8.55. The van der Waals surface area contributed by atoms with Crippen LogP contribution >= 0.6 is 0 Å². The van der Waals surface area contributed by atoms with Gasteiger partial charge in [-0.1, -0.05) is 32.4 Å². The van der Waals surface area contributed by atoms with Gasteiger partial charge in [-0.25, -0.2) is 0 Å². The Hall–Kier alpha value is -1.02. The Balaban J connectivity index is 2.59. The minimum Gasteiger partial charge on any atom is -0.491 e. The first-order chi connectivity index (χ1) is 8.15. The highest BCUT2D eigenvalue weighted by Crippen LogP contribution is 2.17. The minimum absolute atomic E-state index is 0.248. The van der Waals surface area contributed by atoms with E-state index >= 15 is 0 Å². The highest BCUT2D eigenvalue weighted by molar-refractivity contribution is 5.29. The van der Waals surface area contributed by atoms with Crippen molar-refractivity contribution in [2.24, 2.45) is 5.73 Å². The highest BCUT2D eigenvalue weighted by Gasteiger charge is 2.05. The van der Waals surface area contributed by atoms with Crippen LogP contribution in [0.5, 0.6) is 5.75 Å². The Kier molecular flexibility index (Phi) is 6.06. The molecule has 0 bridgehead atoms. The quantitative estimate of drug-likeness (QED) is 0.784. The Morgan fingerprint density at radius 2 is 2.06 bits per heavy atom. The van der Waals surface area contributed by atoms with Crippen LogP contribution in [0.4, 0.5) is 0 Å². The van der Waals surface area contributed by atoms with E-state index in [1.165, 1.54) is 5.56 Å². The van der Waals surface area contributed by atoms with Crippen LogP contribution in [0.1, 0.15) is 45.6 Å². The zero-order valence-electron chi connectivity index (χ0n) is 11.3. The van der Waals surface area contributed by atoms with Crippen molar-refractivity contribution in [2.75, 3.05) is 0 Å². The third-order valence-electron chi connectivity index (χ3n) is 2.95. The zero-order chi connectivity index (χ0) is 12.7. The maximum absolute atomic E-state index is 5.96. The number of benzene rings is 1. The van der Waals surface area contributed by atoms with Crippen molar-refractivity contribution in [3.8, 4) is 5.75 Å². The summed E-state index contributed by atoms with van der Waals surface area (Å²) in [5.74, 6) is 0.965. The van der Waals surface area contributed by atoms with E-state index in [0.717, 1.165) is 31.4 Å². The van der Waals surface area contributed by atoms with E-state index in [9.17, 15) is 0 Å². The molecule has 0 radical (unpaired) electrons. The Morgan fingerprint density at radius 3 is 2.71 bits per heavy atom. The summed E-state index contributed by atoms with van der Waals surface area (Å²) in [6.07, 6.45) is 4.48. The second-order valence-electron chi connectivity index (χ2n) is 4.74. The van der Waals surface area contributed by atoms with Gasteiger partial charge in [0.15, 0.2) is 0 Å². The molecule has 0 saturated carbocycles. The molecule has 0 amide bonds. The zero-order valence-corrected chi connectivity index (χ0v) is 11.3. The smallest absolute Gasteiger partial charge is 0.119 e. The molecule has 2 heteroatoms. The SMILES string of the molecule is CCCC(C)Oc1cccc(CC(N)CC)c1. The van der Waals surface area contributed by atoms with E-state index in [4.69, 9.17) is 10.5 Å². The number of ether oxygens (including phenoxy) is 1. The molecule has 96 valence electrons. The molecule has 0 spiro atoms. The maximum Gasteiger partial charge on any atom is 0.119 e. The van der Waals surface area contributed by atoms with Crippen LogP contribution in [-0.2, 0) is 6.42 Å². The first-order valence-corrected chi connectivity index (χ1v) is 6.66. The number of nitrogens with two attached hydrogens (primary N) is 1. The molecular weight excluding hydrogens is 210 g/mol. The molecular formula is C15H25NO. The molecule has 0 aliphatic heterocycles. The van der Waals surface area contributed by atoms with Crippen molar-refractivity contribution in [1.29, 1.82) is 0 Å². The van der Waals surface area contributed by atoms with Crippen LogP contribution in [0.2, 0.25) is 0 Å². The molecule has 2 N–H and O–H groups in total. The van der Waals surface area contributed by atoms with E-state index in [2.05, 4.69) is 32.9 Å². The largest absolute Gasteiger partial charge is 0.491 e. The van der Waals surface area contributed by atoms with E-state index in [1.54, 1.807) is 0 Å². The summed E-state index contributed by atoms with van der Waals surface area (Å²) in [5, 5.41) is 0. The van der Waals surface area contributed by atoms with Crippen LogP contribution in [0.15, 0.2) is 24.3 Å². The summed E-state index contributed by atoms with van der Waals surface area (Å²) in [7, 11) is 0. The van der Waals surface area contributed by atoms with E-state index in [-0.39, 0.29) is 12.1 Å². The van der Waals surface area contributed by atoms with Gasteiger partial charge in [-0.3, -0.25) is 0 Å². The van der Waals surface area contributed by atoms with Crippen molar-refractivity contribution in [1.82, 2.24) is 0 Å². The van der Waals surface area contributed by atoms with Gasteiger partial charge < -0.3 is 10.5 Å². The molecule has 0 fully saturated rings. The fraction of sp³-hybridized carbons (Fsp3) is 0.600. The first-order valence-electron chi connectivity index (χ1n) is 6.66.